The number of hydrogen-bond acceptors (Lipinski definition) is 4. The molecule has 3 rings (SSSR count). The Labute approximate surface area is 149 Å². The first-order valence-electron chi connectivity index (χ1n) is 9.40. The summed E-state index contributed by atoms with van der Waals surface area (Å²) in [6.45, 7) is 3.60. The monoisotopic (exact) mass is 344 g/mol. The number of piperidine rings is 1. The van der Waals surface area contributed by atoms with Gasteiger partial charge in [0.15, 0.2) is 0 Å². The third kappa shape index (κ3) is 5.53. The normalized spacial score (nSPS) is 19.7. The molecule has 2 heterocycles. The zero-order valence-electron chi connectivity index (χ0n) is 14.7. The van der Waals surface area contributed by atoms with E-state index in [4.69, 9.17) is 0 Å². The van der Waals surface area contributed by atoms with E-state index >= 15 is 0 Å². The molecule has 0 bridgehead atoms. The van der Waals surface area contributed by atoms with Gasteiger partial charge in [-0.2, -0.15) is 0 Å². The van der Waals surface area contributed by atoms with Crippen molar-refractivity contribution in [3.8, 4) is 0 Å². The van der Waals surface area contributed by atoms with Gasteiger partial charge in [-0.3, -0.25) is 19.5 Å². The van der Waals surface area contributed by atoms with Crippen molar-refractivity contribution >= 4 is 11.8 Å². The highest BCUT2D eigenvalue weighted by Crippen LogP contribution is 2.19. The molecule has 2 fully saturated rings. The summed E-state index contributed by atoms with van der Waals surface area (Å²) in [4.78, 5) is 30.3. The van der Waals surface area contributed by atoms with Crippen LogP contribution in [0.2, 0.25) is 0 Å². The van der Waals surface area contributed by atoms with Crippen LogP contribution in [0.15, 0.2) is 24.5 Å². The molecule has 136 valence electrons. The lowest BCUT2D eigenvalue weighted by atomic mass is 9.96. The minimum atomic E-state index is -0.480. The minimum absolute atomic E-state index is 0.190. The molecule has 1 aliphatic carbocycles. The molecule has 25 heavy (non-hydrogen) atoms. The number of amides is 2. The van der Waals surface area contributed by atoms with Gasteiger partial charge in [0, 0.05) is 31.5 Å². The minimum Gasteiger partial charge on any atom is -0.348 e. The SMILES string of the molecule is O=C(NCC1CCN(Cc2ccncc2)CC1)C(=O)NC1CCCC1. The van der Waals surface area contributed by atoms with E-state index in [2.05, 4.69) is 32.7 Å². The van der Waals surface area contributed by atoms with E-state index < -0.39 is 11.8 Å². The summed E-state index contributed by atoms with van der Waals surface area (Å²) >= 11 is 0. The summed E-state index contributed by atoms with van der Waals surface area (Å²) in [5.74, 6) is -0.495. The maximum Gasteiger partial charge on any atom is 0.309 e. The van der Waals surface area contributed by atoms with Gasteiger partial charge in [-0.25, -0.2) is 0 Å². The Hall–Kier alpha value is -1.95. The Morgan fingerprint density at radius 2 is 1.72 bits per heavy atom. The summed E-state index contributed by atoms with van der Waals surface area (Å²) < 4.78 is 0. The maximum atomic E-state index is 11.9. The average molecular weight is 344 g/mol. The summed E-state index contributed by atoms with van der Waals surface area (Å²) in [5, 5.41) is 5.65. The fourth-order valence-electron chi connectivity index (χ4n) is 3.73. The van der Waals surface area contributed by atoms with Crippen LogP contribution < -0.4 is 10.6 Å². The zero-order valence-corrected chi connectivity index (χ0v) is 14.7. The highest BCUT2D eigenvalue weighted by Gasteiger charge is 2.23. The maximum absolute atomic E-state index is 11.9. The number of pyridine rings is 1. The summed E-state index contributed by atoms with van der Waals surface area (Å²) in [5.41, 5.74) is 1.28. The molecule has 0 atom stereocenters. The van der Waals surface area contributed by atoms with E-state index in [-0.39, 0.29) is 6.04 Å². The van der Waals surface area contributed by atoms with Crippen molar-refractivity contribution < 1.29 is 9.59 Å². The van der Waals surface area contributed by atoms with Gasteiger partial charge in [-0.15, -0.1) is 0 Å². The van der Waals surface area contributed by atoms with Gasteiger partial charge in [0.25, 0.3) is 0 Å². The van der Waals surface area contributed by atoms with Gasteiger partial charge in [-0.1, -0.05) is 12.8 Å². The van der Waals surface area contributed by atoms with Crippen LogP contribution in [-0.4, -0.2) is 47.4 Å². The van der Waals surface area contributed by atoms with Crippen LogP contribution in [0, 0.1) is 5.92 Å². The first-order valence-corrected chi connectivity index (χ1v) is 9.40. The first-order chi connectivity index (χ1) is 12.2. The Balaban J connectivity index is 1.33. The van der Waals surface area contributed by atoms with Gasteiger partial charge < -0.3 is 10.6 Å². The lowest BCUT2D eigenvalue weighted by Gasteiger charge is -2.32. The van der Waals surface area contributed by atoms with Crippen molar-refractivity contribution in [2.45, 2.75) is 51.1 Å². The third-order valence-electron chi connectivity index (χ3n) is 5.31. The van der Waals surface area contributed by atoms with Gasteiger partial charge in [0.05, 0.1) is 0 Å². The summed E-state index contributed by atoms with van der Waals surface area (Å²) in [6.07, 6.45) is 10.0. The Kier molecular flexibility index (Phi) is 6.39. The number of likely N-dealkylation sites (tertiary alicyclic amines) is 1. The standard InChI is InChI=1S/C19H28N4O2/c24-18(19(25)22-17-3-1-2-4-17)21-13-15-7-11-23(12-8-15)14-16-5-9-20-10-6-16/h5-6,9-10,15,17H,1-4,7-8,11-14H2,(H,21,24)(H,22,25). The molecular weight excluding hydrogens is 316 g/mol. The Morgan fingerprint density at radius 3 is 2.40 bits per heavy atom. The van der Waals surface area contributed by atoms with Crippen molar-refractivity contribution in [3.05, 3.63) is 30.1 Å². The molecule has 2 aliphatic rings. The second-order valence-electron chi connectivity index (χ2n) is 7.24. The van der Waals surface area contributed by atoms with Gasteiger partial charge in [0.1, 0.15) is 0 Å². The fraction of sp³-hybridized carbons (Fsp3) is 0.632. The highest BCUT2D eigenvalue weighted by atomic mass is 16.2. The lowest BCUT2D eigenvalue weighted by Crippen LogP contribution is -2.46. The molecule has 1 saturated heterocycles. The molecule has 0 aromatic carbocycles. The van der Waals surface area contributed by atoms with Crippen molar-refractivity contribution in [1.82, 2.24) is 20.5 Å². The smallest absolute Gasteiger partial charge is 0.309 e. The predicted octanol–water partition coefficient (Wildman–Crippen LogP) is 1.47. The van der Waals surface area contributed by atoms with E-state index in [0.717, 1.165) is 58.2 Å². The second-order valence-corrected chi connectivity index (χ2v) is 7.24. The first kappa shape index (κ1) is 17.9. The number of rotatable bonds is 5. The molecule has 2 amide bonds. The van der Waals surface area contributed by atoms with Crippen LogP contribution >= 0.6 is 0 Å². The molecular formula is C19H28N4O2. The largest absolute Gasteiger partial charge is 0.348 e. The van der Waals surface area contributed by atoms with Crippen LogP contribution in [0.3, 0.4) is 0 Å². The predicted molar refractivity (Wildman–Crippen MR) is 95.6 cm³/mol. The second kappa shape index (κ2) is 8.94. The van der Waals surface area contributed by atoms with Crippen LogP contribution in [0.1, 0.15) is 44.1 Å². The number of carbonyl (C=O) groups excluding carboxylic acids is 2. The number of aromatic nitrogens is 1. The number of nitrogens with one attached hydrogen (secondary N) is 2. The van der Waals surface area contributed by atoms with E-state index in [1.807, 2.05) is 12.4 Å². The van der Waals surface area contributed by atoms with Crippen molar-refractivity contribution in [2.24, 2.45) is 5.92 Å². The van der Waals surface area contributed by atoms with Gasteiger partial charge in [-0.05, 0) is 62.4 Å². The number of hydrogen-bond donors (Lipinski definition) is 2. The Bertz CT molecular complexity index is 564. The van der Waals surface area contributed by atoms with E-state index in [1.54, 1.807) is 0 Å². The van der Waals surface area contributed by atoms with Crippen LogP contribution in [0.4, 0.5) is 0 Å². The van der Waals surface area contributed by atoms with E-state index in [0.29, 0.717) is 12.5 Å². The quantitative estimate of drug-likeness (QED) is 0.793. The molecule has 6 heteroatoms. The Morgan fingerprint density at radius 1 is 1.04 bits per heavy atom. The summed E-state index contributed by atoms with van der Waals surface area (Å²) in [7, 11) is 0. The molecule has 0 spiro atoms. The van der Waals surface area contributed by atoms with Crippen LogP contribution in [-0.2, 0) is 16.1 Å². The van der Waals surface area contributed by atoms with Crippen molar-refractivity contribution in [1.29, 1.82) is 0 Å². The highest BCUT2D eigenvalue weighted by molar-refractivity contribution is 6.35. The molecule has 6 nitrogen and oxygen atoms in total. The zero-order chi connectivity index (χ0) is 17.5. The molecule has 0 unspecified atom stereocenters. The summed E-state index contributed by atoms with van der Waals surface area (Å²) in [6, 6.07) is 4.29. The van der Waals surface area contributed by atoms with Gasteiger partial charge >= 0.3 is 11.8 Å². The molecule has 1 aromatic heterocycles. The van der Waals surface area contributed by atoms with E-state index in [1.165, 1.54) is 5.56 Å². The van der Waals surface area contributed by atoms with Crippen LogP contribution in [0.5, 0.6) is 0 Å². The molecule has 2 N–H and O–H groups in total. The van der Waals surface area contributed by atoms with Crippen molar-refractivity contribution in [3.63, 3.8) is 0 Å². The topological polar surface area (TPSA) is 74.3 Å². The van der Waals surface area contributed by atoms with Gasteiger partial charge in [0.2, 0.25) is 0 Å². The molecule has 0 radical (unpaired) electrons. The molecule has 1 saturated carbocycles. The number of nitrogens with zero attached hydrogens (tertiary/aromatic N) is 2. The van der Waals surface area contributed by atoms with E-state index in [9.17, 15) is 9.59 Å². The number of carbonyl (C=O) groups is 2. The third-order valence-corrected chi connectivity index (χ3v) is 5.31. The average Bonchev–Trinajstić information content (AvgIpc) is 3.14. The fourth-order valence-corrected chi connectivity index (χ4v) is 3.73. The lowest BCUT2D eigenvalue weighted by molar-refractivity contribution is -0.139. The molecule has 1 aromatic rings. The van der Waals surface area contributed by atoms with Crippen molar-refractivity contribution in [2.75, 3.05) is 19.6 Å². The molecule has 1 aliphatic heterocycles. The van der Waals surface area contributed by atoms with Crippen LogP contribution in [0.25, 0.3) is 0 Å².